The van der Waals surface area contributed by atoms with Crippen LogP contribution in [0.3, 0.4) is 0 Å². The number of esters is 1. The fraction of sp³-hybridized carbons (Fsp3) is 0.824. The summed E-state index contributed by atoms with van der Waals surface area (Å²) >= 11 is 0. The molecule has 0 saturated heterocycles. The predicted octanol–water partition coefficient (Wildman–Crippen LogP) is 5.42. The van der Waals surface area contributed by atoms with Gasteiger partial charge < -0.3 is 4.74 Å². The lowest BCUT2D eigenvalue weighted by atomic mass is 10.1. The van der Waals surface area contributed by atoms with E-state index in [9.17, 15) is 4.79 Å². The van der Waals surface area contributed by atoms with E-state index in [0.717, 1.165) is 30.4 Å². The van der Waals surface area contributed by atoms with Gasteiger partial charge in [-0.05, 0) is 26.7 Å². The van der Waals surface area contributed by atoms with Crippen LogP contribution in [0.4, 0.5) is 0 Å². The van der Waals surface area contributed by atoms with E-state index in [1.54, 1.807) is 0 Å². The molecule has 0 unspecified atom stereocenters. The van der Waals surface area contributed by atoms with E-state index in [0.29, 0.717) is 6.61 Å². The number of carbonyl (C=O) groups excluding carboxylic acids is 1. The molecule has 0 spiro atoms. The van der Waals surface area contributed by atoms with Crippen molar-refractivity contribution in [3.05, 3.63) is 11.1 Å². The molecule has 0 aromatic carbocycles. The monoisotopic (exact) mass is 268 g/mol. The van der Waals surface area contributed by atoms with Gasteiger partial charge in [0.1, 0.15) is 0 Å². The first-order chi connectivity index (χ1) is 9.13. The van der Waals surface area contributed by atoms with Crippen molar-refractivity contribution >= 4 is 5.97 Å². The Bertz CT molecular complexity index is 266. The maximum absolute atomic E-state index is 11.8. The Morgan fingerprint density at radius 1 is 0.842 bits per heavy atom. The van der Waals surface area contributed by atoms with Gasteiger partial charge in [-0.3, -0.25) is 0 Å². The number of rotatable bonds is 11. The molecule has 0 heterocycles. The molecule has 0 aromatic rings. The first kappa shape index (κ1) is 18.2. The van der Waals surface area contributed by atoms with E-state index in [4.69, 9.17) is 4.74 Å². The zero-order chi connectivity index (χ0) is 14.5. The molecule has 0 aliphatic heterocycles. The summed E-state index contributed by atoms with van der Waals surface area (Å²) in [6, 6.07) is 0. The van der Waals surface area contributed by atoms with Gasteiger partial charge in [-0.2, -0.15) is 0 Å². The standard InChI is InChI=1S/C17H32O2/c1-5-7-8-9-10-11-12-14-19-17(18)16(4)15(3)13-6-2/h5-14H2,1-4H3. The number of hydrogen-bond donors (Lipinski definition) is 0. The first-order valence-corrected chi connectivity index (χ1v) is 7.96. The fourth-order valence-electron chi connectivity index (χ4n) is 2.07. The maximum Gasteiger partial charge on any atom is 0.333 e. The molecule has 2 nitrogen and oxygen atoms in total. The number of hydrogen-bond acceptors (Lipinski definition) is 2. The Morgan fingerprint density at radius 3 is 2.00 bits per heavy atom. The van der Waals surface area contributed by atoms with Crippen LogP contribution >= 0.6 is 0 Å². The smallest absolute Gasteiger partial charge is 0.333 e. The van der Waals surface area contributed by atoms with E-state index in [-0.39, 0.29) is 5.97 Å². The van der Waals surface area contributed by atoms with Crippen LogP contribution in [0.15, 0.2) is 11.1 Å². The summed E-state index contributed by atoms with van der Waals surface area (Å²) < 4.78 is 5.30. The van der Waals surface area contributed by atoms with Gasteiger partial charge in [0.25, 0.3) is 0 Å². The summed E-state index contributed by atoms with van der Waals surface area (Å²) in [5.41, 5.74) is 1.96. The van der Waals surface area contributed by atoms with Crippen LogP contribution in [0.5, 0.6) is 0 Å². The van der Waals surface area contributed by atoms with E-state index in [1.807, 2.05) is 13.8 Å². The molecule has 0 fully saturated rings. The van der Waals surface area contributed by atoms with Crippen LogP contribution in [0.1, 0.15) is 85.5 Å². The molecule has 112 valence electrons. The highest BCUT2D eigenvalue weighted by molar-refractivity contribution is 5.88. The molecule has 0 N–H and O–H groups in total. The summed E-state index contributed by atoms with van der Waals surface area (Å²) in [6.45, 7) is 8.83. The third-order valence-electron chi connectivity index (χ3n) is 3.55. The molecule has 0 saturated carbocycles. The average Bonchev–Trinajstić information content (AvgIpc) is 2.41. The molecule has 0 rings (SSSR count). The Hall–Kier alpha value is -0.790. The molecule has 0 amide bonds. The number of ether oxygens (including phenoxy) is 1. The summed E-state index contributed by atoms with van der Waals surface area (Å²) in [4.78, 5) is 11.8. The molecule has 0 atom stereocenters. The van der Waals surface area contributed by atoms with Crippen molar-refractivity contribution in [1.82, 2.24) is 0 Å². The van der Waals surface area contributed by atoms with Gasteiger partial charge in [-0.15, -0.1) is 0 Å². The quantitative estimate of drug-likeness (QED) is 0.284. The second-order valence-electron chi connectivity index (χ2n) is 5.41. The van der Waals surface area contributed by atoms with Crippen LogP contribution < -0.4 is 0 Å². The lowest BCUT2D eigenvalue weighted by Gasteiger charge is -2.08. The van der Waals surface area contributed by atoms with Crippen molar-refractivity contribution in [2.75, 3.05) is 6.61 Å². The summed E-state index contributed by atoms with van der Waals surface area (Å²) in [5.74, 6) is -0.128. The first-order valence-electron chi connectivity index (χ1n) is 7.96. The second-order valence-corrected chi connectivity index (χ2v) is 5.41. The minimum Gasteiger partial charge on any atom is -0.462 e. The Balaban J connectivity index is 3.61. The van der Waals surface area contributed by atoms with Gasteiger partial charge in [0, 0.05) is 5.57 Å². The van der Waals surface area contributed by atoms with Crippen molar-refractivity contribution in [3.8, 4) is 0 Å². The molecule has 0 aliphatic rings. The number of allylic oxidation sites excluding steroid dienone is 1. The van der Waals surface area contributed by atoms with Gasteiger partial charge in [-0.1, -0.05) is 64.4 Å². The highest BCUT2D eigenvalue weighted by Crippen LogP contribution is 2.12. The minimum absolute atomic E-state index is 0.128. The summed E-state index contributed by atoms with van der Waals surface area (Å²) in [5, 5.41) is 0. The Labute approximate surface area is 119 Å². The van der Waals surface area contributed by atoms with E-state index in [2.05, 4.69) is 13.8 Å². The van der Waals surface area contributed by atoms with Crippen LogP contribution in [0, 0.1) is 0 Å². The zero-order valence-corrected chi connectivity index (χ0v) is 13.4. The van der Waals surface area contributed by atoms with Crippen LogP contribution in [0.2, 0.25) is 0 Å². The van der Waals surface area contributed by atoms with Crippen LogP contribution in [-0.2, 0) is 9.53 Å². The normalized spacial score (nSPS) is 12.2. The SMILES string of the molecule is CCCCCCCCCOC(=O)C(C)=C(C)CCC. The van der Waals surface area contributed by atoms with Crippen molar-refractivity contribution in [2.24, 2.45) is 0 Å². The molecule has 0 aliphatic carbocycles. The molecule has 0 radical (unpaired) electrons. The molecular weight excluding hydrogens is 236 g/mol. The third-order valence-corrected chi connectivity index (χ3v) is 3.55. The Morgan fingerprint density at radius 2 is 1.42 bits per heavy atom. The summed E-state index contributed by atoms with van der Waals surface area (Å²) in [6.07, 6.45) is 10.8. The molecule has 0 aromatic heterocycles. The van der Waals surface area contributed by atoms with Gasteiger partial charge in [-0.25, -0.2) is 4.79 Å². The lowest BCUT2D eigenvalue weighted by molar-refractivity contribution is -0.139. The highest BCUT2D eigenvalue weighted by Gasteiger charge is 2.08. The van der Waals surface area contributed by atoms with Crippen molar-refractivity contribution in [2.45, 2.75) is 85.5 Å². The van der Waals surface area contributed by atoms with Gasteiger partial charge >= 0.3 is 5.97 Å². The van der Waals surface area contributed by atoms with Crippen molar-refractivity contribution in [3.63, 3.8) is 0 Å². The van der Waals surface area contributed by atoms with Crippen molar-refractivity contribution < 1.29 is 9.53 Å². The van der Waals surface area contributed by atoms with Gasteiger partial charge in [0.15, 0.2) is 0 Å². The second kappa shape index (κ2) is 12.3. The molecule has 0 bridgehead atoms. The third kappa shape index (κ3) is 9.75. The predicted molar refractivity (Wildman–Crippen MR) is 82.2 cm³/mol. The van der Waals surface area contributed by atoms with Crippen LogP contribution in [0.25, 0.3) is 0 Å². The highest BCUT2D eigenvalue weighted by atomic mass is 16.5. The summed E-state index contributed by atoms with van der Waals surface area (Å²) in [7, 11) is 0. The largest absolute Gasteiger partial charge is 0.462 e. The zero-order valence-electron chi connectivity index (χ0n) is 13.4. The maximum atomic E-state index is 11.8. The Kier molecular flexibility index (Phi) is 11.7. The molecule has 19 heavy (non-hydrogen) atoms. The van der Waals surface area contributed by atoms with Crippen molar-refractivity contribution in [1.29, 1.82) is 0 Å². The van der Waals surface area contributed by atoms with E-state index >= 15 is 0 Å². The average molecular weight is 268 g/mol. The fourth-order valence-corrected chi connectivity index (χ4v) is 2.07. The van der Waals surface area contributed by atoms with E-state index < -0.39 is 0 Å². The number of carbonyl (C=O) groups is 1. The molecular formula is C17H32O2. The topological polar surface area (TPSA) is 26.3 Å². The molecule has 2 heteroatoms. The lowest BCUT2D eigenvalue weighted by Crippen LogP contribution is -2.08. The van der Waals surface area contributed by atoms with Gasteiger partial charge in [0.05, 0.1) is 6.61 Å². The van der Waals surface area contributed by atoms with E-state index in [1.165, 1.54) is 38.5 Å². The van der Waals surface area contributed by atoms with Crippen LogP contribution in [-0.4, -0.2) is 12.6 Å². The minimum atomic E-state index is -0.128. The van der Waals surface area contributed by atoms with Gasteiger partial charge in [0.2, 0.25) is 0 Å². The number of unbranched alkanes of at least 4 members (excludes halogenated alkanes) is 6.